The summed E-state index contributed by atoms with van der Waals surface area (Å²) in [5, 5.41) is 24.9. The van der Waals surface area contributed by atoms with Crippen LogP contribution in [0, 0.1) is 21.4 Å². The molecule has 8 nitrogen and oxygen atoms in total. The van der Waals surface area contributed by atoms with E-state index in [0.717, 1.165) is 6.42 Å². The number of anilines is 1. The van der Waals surface area contributed by atoms with Crippen LogP contribution in [-0.2, 0) is 4.79 Å². The molecule has 1 amide bonds. The van der Waals surface area contributed by atoms with E-state index in [1.807, 2.05) is 19.1 Å². The van der Waals surface area contributed by atoms with Crippen molar-refractivity contribution >= 4 is 34.1 Å². The molecule has 0 aliphatic rings. The molecule has 0 saturated carbocycles. The first-order valence-corrected chi connectivity index (χ1v) is 10.2. The second-order valence-electron chi connectivity index (χ2n) is 6.35. The average molecular weight is 434 g/mol. The Morgan fingerprint density at radius 3 is 2.71 bits per heavy atom. The van der Waals surface area contributed by atoms with Gasteiger partial charge in [-0.15, -0.1) is 11.3 Å². The highest BCUT2D eigenvalue weighted by atomic mass is 32.1. The zero-order valence-electron chi connectivity index (χ0n) is 16.6. The highest BCUT2D eigenvalue weighted by molar-refractivity contribution is 7.14. The lowest BCUT2D eigenvalue weighted by Gasteiger charge is -2.08. The van der Waals surface area contributed by atoms with Gasteiger partial charge in [0.15, 0.2) is 5.13 Å². The van der Waals surface area contributed by atoms with Crippen molar-refractivity contribution in [1.29, 1.82) is 5.26 Å². The summed E-state index contributed by atoms with van der Waals surface area (Å²) >= 11 is 1.19. The van der Waals surface area contributed by atoms with Gasteiger partial charge < -0.3 is 4.74 Å². The van der Waals surface area contributed by atoms with Gasteiger partial charge in [0.2, 0.25) is 0 Å². The number of non-ortho nitro benzene ring substituents is 1. The number of nitriles is 1. The van der Waals surface area contributed by atoms with Crippen LogP contribution >= 0.6 is 11.3 Å². The number of nitro groups is 1. The molecule has 3 rings (SSSR count). The Labute approximate surface area is 182 Å². The average Bonchev–Trinajstić information content (AvgIpc) is 3.25. The third-order valence-corrected chi connectivity index (χ3v) is 4.90. The van der Waals surface area contributed by atoms with Gasteiger partial charge in [-0.1, -0.05) is 25.1 Å². The third kappa shape index (κ3) is 5.52. The second-order valence-corrected chi connectivity index (χ2v) is 7.21. The monoisotopic (exact) mass is 434 g/mol. The number of hydrogen-bond acceptors (Lipinski definition) is 7. The van der Waals surface area contributed by atoms with Gasteiger partial charge in [0.1, 0.15) is 17.4 Å². The molecule has 0 radical (unpaired) electrons. The van der Waals surface area contributed by atoms with Crippen molar-refractivity contribution in [3.8, 4) is 23.1 Å². The molecule has 1 aromatic heterocycles. The summed E-state index contributed by atoms with van der Waals surface area (Å²) in [5.41, 5.74) is 1.78. The van der Waals surface area contributed by atoms with Crippen molar-refractivity contribution in [2.24, 2.45) is 0 Å². The van der Waals surface area contributed by atoms with Crippen molar-refractivity contribution < 1.29 is 14.5 Å². The van der Waals surface area contributed by atoms with Gasteiger partial charge in [-0.25, -0.2) is 4.98 Å². The van der Waals surface area contributed by atoms with Crippen LogP contribution in [0.15, 0.2) is 59.5 Å². The van der Waals surface area contributed by atoms with E-state index in [1.54, 1.807) is 35.7 Å². The summed E-state index contributed by atoms with van der Waals surface area (Å²) in [5.74, 6) is 0.0111. The van der Waals surface area contributed by atoms with Crippen LogP contribution in [0.25, 0.3) is 17.3 Å². The normalized spacial score (nSPS) is 10.9. The fraction of sp³-hybridized carbons (Fsp3) is 0.136. The van der Waals surface area contributed by atoms with E-state index in [1.165, 1.54) is 29.5 Å². The van der Waals surface area contributed by atoms with Crippen LogP contribution in [0.2, 0.25) is 0 Å². The molecule has 9 heteroatoms. The molecule has 0 bridgehead atoms. The van der Waals surface area contributed by atoms with Crippen LogP contribution in [0.3, 0.4) is 0 Å². The number of nitrogens with zero attached hydrogens (tertiary/aromatic N) is 3. The topological polar surface area (TPSA) is 118 Å². The van der Waals surface area contributed by atoms with Gasteiger partial charge in [0.25, 0.3) is 11.6 Å². The summed E-state index contributed by atoms with van der Waals surface area (Å²) < 4.78 is 5.67. The highest BCUT2D eigenvalue weighted by Gasteiger charge is 2.14. The molecule has 0 saturated heterocycles. The molecule has 3 aromatic rings. The molecule has 31 heavy (non-hydrogen) atoms. The summed E-state index contributed by atoms with van der Waals surface area (Å²) in [6.45, 7) is 2.52. The van der Waals surface area contributed by atoms with Crippen LogP contribution in [0.1, 0.15) is 18.9 Å². The summed E-state index contributed by atoms with van der Waals surface area (Å²) in [6.07, 6.45) is 2.32. The quantitative estimate of drug-likeness (QED) is 0.229. The van der Waals surface area contributed by atoms with Gasteiger partial charge in [0, 0.05) is 28.6 Å². The van der Waals surface area contributed by atoms with Crippen molar-refractivity contribution in [1.82, 2.24) is 4.98 Å². The minimum atomic E-state index is -0.586. The molecule has 0 spiro atoms. The number of thiazole rings is 1. The Kier molecular flexibility index (Phi) is 7.09. The first-order chi connectivity index (χ1) is 15.0. The van der Waals surface area contributed by atoms with E-state index in [4.69, 9.17) is 4.74 Å². The number of hydrogen-bond donors (Lipinski definition) is 1. The number of nitro benzene ring substituents is 1. The van der Waals surface area contributed by atoms with Gasteiger partial charge >= 0.3 is 0 Å². The molecule has 156 valence electrons. The first kappa shape index (κ1) is 21.7. The third-order valence-electron chi connectivity index (χ3n) is 4.14. The van der Waals surface area contributed by atoms with Gasteiger partial charge in [-0.05, 0) is 30.7 Å². The second kappa shape index (κ2) is 10.1. The fourth-order valence-corrected chi connectivity index (χ4v) is 3.34. The number of rotatable bonds is 8. The number of carbonyl (C=O) groups is 1. The van der Waals surface area contributed by atoms with E-state index in [9.17, 15) is 20.2 Å². The summed E-state index contributed by atoms with van der Waals surface area (Å²) in [6, 6.07) is 15.1. The lowest BCUT2D eigenvalue weighted by Crippen LogP contribution is -2.13. The standard InChI is InChI=1S/C22H18N4O4S/c1-2-11-30-20-6-4-3-5-16(20)12-17(13-23)21(27)25-22-24-19(14-31-22)15-7-9-18(10-8-15)26(28)29/h3-10,12,14H,2,11H2,1H3,(H,24,25,27)/b17-12+. The number of ether oxygens (including phenoxy) is 1. The van der Waals surface area contributed by atoms with E-state index in [0.29, 0.717) is 34.3 Å². The number of para-hydroxylation sites is 1. The molecule has 1 heterocycles. The van der Waals surface area contributed by atoms with Crippen LogP contribution in [0.4, 0.5) is 10.8 Å². The lowest BCUT2D eigenvalue weighted by atomic mass is 10.1. The lowest BCUT2D eigenvalue weighted by molar-refractivity contribution is -0.384. The number of benzene rings is 2. The van der Waals surface area contributed by atoms with Gasteiger partial charge in [0.05, 0.1) is 17.2 Å². The number of amides is 1. The predicted molar refractivity (Wildman–Crippen MR) is 119 cm³/mol. The van der Waals surface area contributed by atoms with E-state index in [2.05, 4.69) is 10.3 Å². The summed E-state index contributed by atoms with van der Waals surface area (Å²) in [4.78, 5) is 27.2. The molecule has 0 atom stereocenters. The Morgan fingerprint density at radius 2 is 2.03 bits per heavy atom. The largest absolute Gasteiger partial charge is 0.493 e. The number of nitrogens with one attached hydrogen (secondary N) is 1. The minimum absolute atomic E-state index is 0.0143. The van der Waals surface area contributed by atoms with E-state index < -0.39 is 10.8 Å². The summed E-state index contributed by atoms with van der Waals surface area (Å²) in [7, 11) is 0. The molecule has 0 unspecified atom stereocenters. The van der Waals surface area contributed by atoms with E-state index in [-0.39, 0.29) is 11.3 Å². The Balaban J connectivity index is 1.76. The zero-order chi connectivity index (χ0) is 22.2. The minimum Gasteiger partial charge on any atom is -0.493 e. The van der Waals surface area contributed by atoms with Gasteiger partial charge in [-0.3, -0.25) is 20.2 Å². The molecule has 2 aromatic carbocycles. The Bertz CT molecular complexity index is 1160. The molecule has 0 fully saturated rings. The molecular weight excluding hydrogens is 416 g/mol. The smallest absolute Gasteiger partial charge is 0.269 e. The van der Waals surface area contributed by atoms with Crippen LogP contribution < -0.4 is 10.1 Å². The molecule has 0 aliphatic heterocycles. The SMILES string of the molecule is CCCOc1ccccc1/C=C(\C#N)C(=O)Nc1nc(-c2ccc([N+](=O)[O-])cc2)cs1. The number of aromatic nitrogens is 1. The van der Waals surface area contributed by atoms with Gasteiger partial charge in [-0.2, -0.15) is 5.26 Å². The van der Waals surface area contributed by atoms with Crippen molar-refractivity contribution in [2.45, 2.75) is 13.3 Å². The highest BCUT2D eigenvalue weighted by Crippen LogP contribution is 2.27. The van der Waals surface area contributed by atoms with E-state index >= 15 is 0 Å². The maximum Gasteiger partial charge on any atom is 0.269 e. The maximum absolute atomic E-state index is 12.6. The van der Waals surface area contributed by atoms with Crippen molar-refractivity contribution in [3.63, 3.8) is 0 Å². The number of carbonyl (C=O) groups excluding carboxylic acids is 1. The molecule has 0 aliphatic carbocycles. The zero-order valence-corrected chi connectivity index (χ0v) is 17.4. The maximum atomic E-state index is 12.6. The molecular formula is C22H18N4O4S. The predicted octanol–water partition coefficient (Wildman–Crippen LogP) is 5.05. The van der Waals surface area contributed by atoms with Crippen molar-refractivity contribution in [3.05, 3.63) is 75.2 Å². The first-order valence-electron chi connectivity index (χ1n) is 9.37. The van der Waals surface area contributed by atoms with Crippen molar-refractivity contribution in [2.75, 3.05) is 11.9 Å². The molecule has 1 N–H and O–H groups in total. The Hall–Kier alpha value is -4.03. The fourth-order valence-electron chi connectivity index (χ4n) is 2.63. The Morgan fingerprint density at radius 1 is 1.29 bits per heavy atom. The van der Waals surface area contributed by atoms with Crippen LogP contribution in [0.5, 0.6) is 5.75 Å². The van der Waals surface area contributed by atoms with Crippen LogP contribution in [-0.4, -0.2) is 22.4 Å².